The molecule has 0 radical (unpaired) electrons. The van der Waals surface area contributed by atoms with E-state index in [9.17, 15) is 13.6 Å². The van der Waals surface area contributed by atoms with Crippen LogP contribution in [-0.2, 0) is 0 Å². The number of hydrogen-bond donors (Lipinski definition) is 0. The molecule has 2 rings (SSSR count). The topological polar surface area (TPSA) is 17.1 Å². The third-order valence-corrected chi connectivity index (χ3v) is 2.96. The van der Waals surface area contributed by atoms with E-state index in [0.29, 0.717) is 5.56 Å². The second kappa shape index (κ2) is 4.14. The van der Waals surface area contributed by atoms with Gasteiger partial charge in [0.15, 0.2) is 5.78 Å². The average molecular weight is 238 g/mol. The summed E-state index contributed by atoms with van der Waals surface area (Å²) < 4.78 is 26.4. The van der Waals surface area contributed by atoms with E-state index in [1.807, 2.05) is 0 Å². The fourth-order valence-corrected chi connectivity index (χ4v) is 2.02. The molecule has 4 heteroatoms. The molecule has 0 bridgehead atoms. The normalized spacial score (nSPS) is 10.4. The summed E-state index contributed by atoms with van der Waals surface area (Å²) in [6.07, 6.45) is 0. The number of carbonyl (C=O) groups is 1. The molecule has 0 N–H and O–H groups in total. The van der Waals surface area contributed by atoms with Crippen LogP contribution in [0.2, 0.25) is 0 Å². The Kier molecular flexibility index (Phi) is 2.83. The molecule has 1 aromatic carbocycles. The minimum absolute atomic E-state index is 0.0858. The molecule has 0 saturated heterocycles. The van der Waals surface area contributed by atoms with E-state index in [4.69, 9.17) is 0 Å². The van der Waals surface area contributed by atoms with Gasteiger partial charge in [-0.25, -0.2) is 8.78 Å². The zero-order valence-electron chi connectivity index (χ0n) is 8.46. The molecule has 1 nitrogen and oxygen atoms in total. The summed E-state index contributed by atoms with van der Waals surface area (Å²) in [6, 6.07) is 3.60. The van der Waals surface area contributed by atoms with Crippen LogP contribution in [-0.4, -0.2) is 5.78 Å². The van der Waals surface area contributed by atoms with Crippen LogP contribution in [0.4, 0.5) is 8.78 Å². The number of aryl methyl sites for hydroxylation is 1. The summed E-state index contributed by atoms with van der Waals surface area (Å²) in [4.78, 5) is 11.8. The van der Waals surface area contributed by atoms with Crippen LogP contribution in [0.3, 0.4) is 0 Å². The van der Waals surface area contributed by atoms with E-state index in [-0.39, 0.29) is 11.1 Å². The monoisotopic (exact) mass is 238 g/mol. The van der Waals surface area contributed by atoms with Gasteiger partial charge < -0.3 is 0 Å². The van der Waals surface area contributed by atoms with Crippen molar-refractivity contribution in [2.75, 3.05) is 0 Å². The highest BCUT2D eigenvalue weighted by Crippen LogP contribution is 2.19. The molecule has 2 aromatic rings. The molecule has 82 valence electrons. The highest BCUT2D eigenvalue weighted by molar-refractivity contribution is 7.08. The van der Waals surface area contributed by atoms with Crippen LogP contribution in [0, 0.1) is 18.6 Å². The molecule has 16 heavy (non-hydrogen) atoms. The van der Waals surface area contributed by atoms with Gasteiger partial charge in [-0.3, -0.25) is 4.79 Å². The molecule has 0 spiro atoms. The van der Waals surface area contributed by atoms with Crippen LogP contribution < -0.4 is 0 Å². The smallest absolute Gasteiger partial charge is 0.196 e. The van der Waals surface area contributed by atoms with Gasteiger partial charge in [-0.05, 0) is 30.0 Å². The van der Waals surface area contributed by atoms with Gasteiger partial charge >= 0.3 is 0 Å². The molecule has 1 aromatic heterocycles. The van der Waals surface area contributed by atoms with Gasteiger partial charge in [0, 0.05) is 17.0 Å². The van der Waals surface area contributed by atoms with Crippen molar-refractivity contribution in [3.63, 3.8) is 0 Å². The number of rotatable bonds is 2. The molecular weight excluding hydrogens is 230 g/mol. The summed E-state index contributed by atoms with van der Waals surface area (Å²) in [5, 5.41) is 3.38. The Morgan fingerprint density at radius 2 is 2.00 bits per heavy atom. The van der Waals surface area contributed by atoms with Crippen LogP contribution in [0.25, 0.3) is 0 Å². The fourth-order valence-electron chi connectivity index (χ4n) is 1.38. The summed E-state index contributed by atoms with van der Waals surface area (Å²) in [6.45, 7) is 1.50. The Balaban J connectivity index is 2.49. The van der Waals surface area contributed by atoms with E-state index in [1.54, 1.807) is 16.8 Å². The second-order valence-corrected chi connectivity index (χ2v) is 4.20. The average Bonchev–Trinajstić information content (AvgIpc) is 2.75. The predicted molar refractivity (Wildman–Crippen MR) is 58.8 cm³/mol. The molecule has 0 saturated carbocycles. The Bertz CT molecular complexity index is 532. The first-order chi connectivity index (χ1) is 7.59. The first-order valence-corrected chi connectivity index (χ1v) is 5.56. The third-order valence-electron chi connectivity index (χ3n) is 2.28. The summed E-state index contributed by atoms with van der Waals surface area (Å²) >= 11 is 1.36. The number of thiophene rings is 1. The first kappa shape index (κ1) is 11.0. The van der Waals surface area contributed by atoms with Gasteiger partial charge in [0.2, 0.25) is 0 Å². The zero-order chi connectivity index (χ0) is 11.7. The molecule has 1 heterocycles. The molecule has 0 aliphatic carbocycles. The van der Waals surface area contributed by atoms with Crippen molar-refractivity contribution >= 4 is 17.1 Å². The maximum absolute atomic E-state index is 13.4. The number of benzene rings is 1. The van der Waals surface area contributed by atoms with Crippen molar-refractivity contribution in [2.45, 2.75) is 6.92 Å². The van der Waals surface area contributed by atoms with E-state index < -0.39 is 17.4 Å². The predicted octanol–water partition coefficient (Wildman–Crippen LogP) is 3.57. The minimum atomic E-state index is -0.820. The van der Waals surface area contributed by atoms with Crippen molar-refractivity contribution < 1.29 is 13.6 Å². The quantitative estimate of drug-likeness (QED) is 0.731. The van der Waals surface area contributed by atoms with Gasteiger partial charge in [-0.1, -0.05) is 0 Å². The van der Waals surface area contributed by atoms with Crippen molar-refractivity contribution in [2.24, 2.45) is 0 Å². The van der Waals surface area contributed by atoms with Crippen LogP contribution in [0.5, 0.6) is 0 Å². The Labute approximate surface area is 95.4 Å². The van der Waals surface area contributed by atoms with E-state index >= 15 is 0 Å². The van der Waals surface area contributed by atoms with E-state index in [1.165, 1.54) is 24.3 Å². The number of halogens is 2. The van der Waals surface area contributed by atoms with Gasteiger partial charge in [-0.2, -0.15) is 11.3 Å². The SMILES string of the molecule is Cc1cc(C(=O)c2ccsc2)c(F)cc1F. The largest absolute Gasteiger partial charge is 0.288 e. The van der Waals surface area contributed by atoms with Crippen LogP contribution in [0.1, 0.15) is 21.5 Å². The van der Waals surface area contributed by atoms with E-state index in [0.717, 1.165) is 6.07 Å². The summed E-state index contributed by atoms with van der Waals surface area (Å²) in [5.41, 5.74) is 0.604. The Morgan fingerprint density at radius 1 is 1.25 bits per heavy atom. The third kappa shape index (κ3) is 1.88. The highest BCUT2D eigenvalue weighted by atomic mass is 32.1. The maximum Gasteiger partial charge on any atom is 0.196 e. The van der Waals surface area contributed by atoms with Crippen molar-refractivity contribution in [1.82, 2.24) is 0 Å². The molecule has 0 unspecified atom stereocenters. The Morgan fingerprint density at radius 3 is 2.62 bits per heavy atom. The lowest BCUT2D eigenvalue weighted by atomic mass is 10.0. The molecule has 0 aliphatic rings. The fraction of sp³-hybridized carbons (Fsp3) is 0.0833. The van der Waals surface area contributed by atoms with Gasteiger partial charge in [0.25, 0.3) is 0 Å². The number of carbonyl (C=O) groups excluding carboxylic acids is 1. The maximum atomic E-state index is 13.4. The van der Waals surface area contributed by atoms with Gasteiger partial charge in [0.1, 0.15) is 11.6 Å². The minimum Gasteiger partial charge on any atom is -0.288 e. The molecular formula is C12H8F2OS. The van der Waals surface area contributed by atoms with Crippen LogP contribution >= 0.6 is 11.3 Å². The standard InChI is InChI=1S/C12H8F2OS/c1-7-4-9(11(14)5-10(7)13)12(15)8-2-3-16-6-8/h2-6H,1H3. The molecule has 0 amide bonds. The van der Waals surface area contributed by atoms with Gasteiger partial charge in [0.05, 0.1) is 5.56 Å². The van der Waals surface area contributed by atoms with Gasteiger partial charge in [-0.15, -0.1) is 0 Å². The molecule has 0 atom stereocenters. The van der Waals surface area contributed by atoms with Crippen molar-refractivity contribution in [3.05, 3.63) is 57.3 Å². The first-order valence-electron chi connectivity index (χ1n) is 4.62. The second-order valence-electron chi connectivity index (χ2n) is 3.42. The summed E-state index contributed by atoms with van der Waals surface area (Å²) in [7, 11) is 0. The highest BCUT2D eigenvalue weighted by Gasteiger charge is 2.16. The van der Waals surface area contributed by atoms with Crippen molar-refractivity contribution in [1.29, 1.82) is 0 Å². The summed E-state index contributed by atoms with van der Waals surface area (Å²) in [5.74, 6) is -1.87. The Hall–Kier alpha value is -1.55. The van der Waals surface area contributed by atoms with Crippen LogP contribution in [0.15, 0.2) is 29.0 Å². The van der Waals surface area contributed by atoms with E-state index in [2.05, 4.69) is 0 Å². The number of hydrogen-bond acceptors (Lipinski definition) is 2. The number of ketones is 1. The zero-order valence-corrected chi connectivity index (χ0v) is 9.28. The van der Waals surface area contributed by atoms with Crippen molar-refractivity contribution in [3.8, 4) is 0 Å². The molecule has 0 aliphatic heterocycles. The lowest BCUT2D eigenvalue weighted by molar-refractivity contribution is 0.103. The lowest BCUT2D eigenvalue weighted by Crippen LogP contribution is -2.04. The lowest BCUT2D eigenvalue weighted by Gasteiger charge is -2.03. The molecule has 0 fully saturated rings.